The van der Waals surface area contributed by atoms with E-state index in [4.69, 9.17) is 15.2 Å². The molecule has 0 bridgehead atoms. The summed E-state index contributed by atoms with van der Waals surface area (Å²) in [6.07, 6.45) is 0.376. The monoisotopic (exact) mass is 353 g/mol. The number of carbonyl (C=O) groups excluding carboxylic acids is 1. The highest BCUT2D eigenvalue weighted by atomic mass is 16.5. The zero-order valence-corrected chi connectivity index (χ0v) is 15.8. The van der Waals surface area contributed by atoms with E-state index in [9.17, 15) is 9.90 Å². The molecule has 0 fully saturated rings. The van der Waals surface area contributed by atoms with E-state index in [0.717, 1.165) is 11.4 Å². The second-order valence-corrected chi connectivity index (χ2v) is 6.69. The largest absolute Gasteiger partial charge is 0.491 e. The lowest BCUT2D eigenvalue weighted by Crippen LogP contribution is -2.52. The van der Waals surface area contributed by atoms with E-state index in [1.54, 1.807) is 26.0 Å². The average molecular weight is 353 g/mol. The molecule has 2 atom stereocenters. The molecule has 0 aliphatic carbocycles. The molecule has 0 aliphatic heterocycles. The van der Waals surface area contributed by atoms with Crippen LogP contribution in [0.15, 0.2) is 12.1 Å². The van der Waals surface area contributed by atoms with E-state index in [1.807, 2.05) is 13.8 Å². The van der Waals surface area contributed by atoms with E-state index in [2.05, 4.69) is 10.3 Å². The second-order valence-electron chi connectivity index (χ2n) is 6.69. The fourth-order valence-corrected chi connectivity index (χ4v) is 2.31. The number of nitrogens with two attached hydrogens (primary N) is 1. The lowest BCUT2D eigenvalue weighted by molar-refractivity contribution is -0.141. The lowest BCUT2D eigenvalue weighted by Gasteiger charge is -2.29. The van der Waals surface area contributed by atoms with Crippen LogP contribution in [-0.2, 0) is 9.53 Å². The van der Waals surface area contributed by atoms with Gasteiger partial charge in [-0.2, -0.15) is 0 Å². The van der Waals surface area contributed by atoms with Gasteiger partial charge >= 0.3 is 0 Å². The molecule has 0 spiro atoms. The quantitative estimate of drug-likeness (QED) is 0.581. The van der Waals surface area contributed by atoms with E-state index in [-0.39, 0.29) is 12.5 Å². The van der Waals surface area contributed by atoms with Crippen molar-refractivity contribution in [3.63, 3.8) is 0 Å². The zero-order chi connectivity index (χ0) is 19.0. The van der Waals surface area contributed by atoms with Gasteiger partial charge in [0.15, 0.2) is 0 Å². The van der Waals surface area contributed by atoms with Crippen molar-refractivity contribution in [2.24, 2.45) is 5.73 Å². The number of amides is 1. The first-order valence-electron chi connectivity index (χ1n) is 8.52. The van der Waals surface area contributed by atoms with Crippen molar-refractivity contribution in [1.82, 2.24) is 10.3 Å². The number of rotatable bonds is 10. The molecular formula is C18H31N3O4. The number of nitrogens with one attached hydrogen (secondary N) is 1. The van der Waals surface area contributed by atoms with Crippen LogP contribution in [0.4, 0.5) is 0 Å². The molecule has 142 valence electrons. The third-order valence-corrected chi connectivity index (χ3v) is 4.03. The van der Waals surface area contributed by atoms with Crippen LogP contribution in [0.3, 0.4) is 0 Å². The van der Waals surface area contributed by atoms with Crippen molar-refractivity contribution in [1.29, 1.82) is 0 Å². The predicted octanol–water partition coefficient (Wildman–Crippen LogP) is 1.09. The molecule has 0 saturated heterocycles. The summed E-state index contributed by atoms with van der Waals surface area (Å²) in [5, 5.41) is 13.3. The summed E-state index contributed by atoms with van der Waals surface area (Å²) in [7, 11) is 1.47. The van der Waals surface area contributed by atoms with Crippen LogP contribution in [0.2, 0.25) is 0 Å². The molecule has 1 rings (SSSR count). The van der Waals surface area contributed by atoms with Crippen LogP contribution in [0.5, 0.6) is 5.75 Å². The molecule has 7 nitrogen and oxygen atoms in total. The minimum atomic E-state index is -0.971. The van der Waals surface area contributed by atoms with Gasteiger partial charge in [0.05, 0.1) is 6.04 Å². The van der Waals surface area contributed by atoms with Crippen LogP contribution >= 0.6 is 0 Å². The molecule has 25 heavy (non-hydrogen) atoms. The first-order valence-corrected chi connectivity index (χ1v) is 8.52. The van der Waals surface area contributed by atoms with Crippen LogP contribution in [0.25, 0.3) is 0 Å². The van der Waals surface area contributed by atoms with Crippen LogP contribution in [0, 0.1) is 13.8 Å². The zero-order valence-electron chi connectivity index (χ0n) is 15.8. The van der Waals surface area contributed by atoms with Crippen LogP contribution in [0.1, 0.15) is 38.1 Å². The lowest BCUT2D eigenvalue weighted by atomic mass is 10.0. The van der Waals surface area contributed by atoms with Gasteiger partial charge in [-0.25, -0.2) is 0 Å². The summed E-state index contributed by atoms with van der Waals surface area (Å²) in [5.41, 5.74) is 6.28. The van der Waals surface area contributed by atoms with Gasteiger partial charge in [0.25, 0.3) is 5.91 Å². The topological polar surface area (TPSA) is 107 Å². The van der Waals surface area contributed by atoms with Gasteiger partial charge in [-0.3, -0.25) is 9.78 Å². The molecule has 0 saturated carbocycles. The molecule has 1 heterocycles. The van der Waals surface area contributed by atoms with Crippen molar-refractivity contribution in [3.8, 4) is 5.75 Å². The highest BCUT2D eigenvalue weighted by molar-refractivity contribution is 5.84. The number of aromatic nitrogens is 1. The number of aryl methyl sites for hydroxylation is 2. The molecular weight excluding hydrogens is 322 g/mol. The summed E-state index contributed by atoms with van der Waals surface area (Å²) < 4.78 is 10.9. The third kappa shape index (κ3) is 6.97. The van der Waals surface area contributed by atoms with Crippen LogP contribution < -0.4 is 15.8 Å². The number of hydrogen-bond donors (Lipinski definition) is 3. The van der Waals surface area contributed by atoms with Crippen molar-refractivity contribution in [2.75, 3.05) is 20.3 Å². The SMILES string of the molecule is COC(C)(C)C(=O)N[C@@H](CCCN)C(O)COc1cc(C)nc(C)c1. The van der Waals surface area contributed by atoms with E-state index >= 15 is 0 Å². The highest BCUT2D eigenvalue weighted by Gasteiger charge is 2.31. The Morgan fingerprint density at radius 1 is 1.36 bits per heavy atom. The molecule has 0 radical (unpaired) electrons. The maximum absolute atomic E-state index is 12.3. The summed E-state index contributed by atoms with van der Waals surface area (Å²) in [6, 6.07) is 3.15. The number of methoxy groups -OCH3 is 1. The van der Waals surface area contributed by atoms with E-state index in [0.29, 0.717) is 25.1 Å². The molecule has 7 heteroatoms. The Balaban J connectivity index is 2.72. The van der Waals surface area contributed by atoms with Gasteiger partial charge in [-0.1, -0.05) is 0 Å². The fraction of sp³-hybridized carbons (Fsp3) is 0.667. The number of nitrogens with zero attached hydrogens (tertiary/aromatic N) is 1. The smallest absolute Gasteiger partial charge is 0.251 e. The maximum atomic E-state index is 12.3. The second kappa shape index (κ2) is 9.70. The molecule has 1 unspecified atom stereocenters. The van der Waals surface area contributed by atoms with Gasteiger partial charge in [0.2, 0.25) is 0 Å². The average Bonchev–Trinajstić information content (AvgIpc) is 2.55. The number of aliphatic hydroxyl groups is 1. The number of ether oxygens (including phenoxy) is 2. The summed E-state index contributed by atoms with van der Waals surface area (Å²) in [4.78, 5) is 16.6. The highest BCUT2D eigenvalue weighted by Crippen LogP contribution is 2.15. The van der Waals surface area contributed by atoms with Gasteiger partial charge in [0, 0.05) is 30.6 Å². The first-order chi connectivity index (χ1) is 11.7. The van der Waals surface area contributed by atoms with Gasteiger partial charge in [-0.05, 0) is 47.1 Å². The normalized spacial score (nSPS) is 14.0. The fourth-order valence-electron chi connectivity index (χ4n) is 2.31. The molecule has 4 N–H and O–H groups in total. The first kappa shape index (κ1) is 21.3. The number of hydrogen-bond acceptors (Lipinski definition) is 6. The molecule has 0 aromatic carbocycles. The Bertz CT molecular complexity index is 543. The minimum absolute atomic E-state index is 0.0613. The Morgan fingerprint density at radius 3 is 2.48 bits per heavy atom. The maximum Gasteiger partial charge on any atom is 0.251 e. The Labute approximate surface area is 149 Å². The predicted molar refractivity (Wildman–Crippen MR) is 96.5 cm³/mol. The molecule has 1 aromatic heterocycles. The van der Waals surface area contributed by atoms with Crippen molar-refractivity contribution < 1.29 is 19.4 Å². The summed E-state index contributed by atoms with van der Waals surface area (Å²) in [5.74, 6) is 0.358. The van der Waals surface area contributed by atoms with Crippen molar-refractivity contribution >= 4 is 5.91 Å². The third-order valence-electron chi connectivity index (χ3n) is 4.03. The van der Waals surface area contributed by atoms with Gasteiger partial charge in [-0.15, -0.1) is 0 Å². The Morgan fingerprint density at radius 2 is 1.96 bits per heavy atom. The number of pyridine rings is 1. The van der Waals surface area contributed by atoms with E-state index in [1.165, 1.54) is 7.11 Å². The Kier molecular flexibility index (Phi) is 8.28. The van der Waals surface area contributed by atoms with Crippen molar-refractivity contribution in [3.05, 3.63) is 23.5 Å². The van der Waals surface area contributed by atoms with Crippen LogP contribution in [-0.4, -0.2) is 54.0 Å². The molecule has 1 aromatic rings. The number of aliphatic hydroxyl groups excluding tert-OH is 1. The Hall–Kier alpha value is -1.70. The van der Waals surface area contributed by atoms with E-state index < -0.39 is 17.7 Å². The summed E-state index contributed by atoms with van der Waals surface area (Å²) >= 11 is 0. The standard InChI is InChI=1S/C18H31N3O4/c1-12-9-14(10-13(2)20-12)25-11-16(22)15(7-6-8-19)21-17(23)18(3,4)24-5/h9-10,15-16,22H,6-8,11,19H2,1-5H3,(H,21,23)/t15-,16?/m0/s1. The minimum Gasteiger partial charge on any atom is -0.491 e. The summed E-state index contributed by atoms with van der Waals surface area (Å²) in [6.45, 7) is 7.66. The number of carbonyl (C=O) groups is 1. The molecule has 1 amide bonds. The van der Waals surface area contributed by atoms with Crippen molar-refractivity contribution in [2.45, 2.75) is 58.3 Å². The molecule has 0 aliphatic rings. The van der Waals surface area contributed by atoms with Gasteiger partial charge < -0.3 is 25.6 Å². The van der Waals surface area contributed by atoms with Gasteiger partial charge in [0.1, 0.15) is 24.1 Å².